The lowest BCUT2D eigenvalue weighted by atomic mass is 10.1. The smallest absolute Gasteiger partial charge is 0.374 e. The van der Waals surface area contributed by atoms with Gasteiger partial charge in [0.15, 0.2) is 0 Å². The van der Waals surface area contributed by atoms with E-state index in [1.54, 1.807) is 12.1 Å². The molecule has 0 radical (unpaired) electrons. The molecule has 3 rings (SSSR count). The normalized spacial score (nSPS) is 10.8. The van der Waals surface area contributed by atoms with Gasteiger partial charge in [0, 0.05) is 10.5 Å². The van der Waals surface area contributed by atoms with E-state index in [1.165, 1.54) is 0 Å². The highest BCUT2D eigenvalue weighted by atomic mass is 79.9. The summed E-state index contributed by atoms with van der Waals surface area (Å²) >= 11 is 6.96. The number of hydrogen-bond acceptors (Lipinski definition) is 1. The average Bonchev–Trinajstić information content (AvgIpc) is 2.39. The number of halogens is 2. The van der Waals surface area contributed by atoms with Crippen LogP contribution in [-0.4, -0.2) is 5.11 Å². The topological polar surface area (TPSA) is 31.5 Å². The van der Waals surface area contributed by atoms with Gasteiger partial charge in [-0.3, -0.25) is 0 Å². The number of hydrogen-bond donors (Lipinski definition) is 1. The quantitative estimate of drug-likeness (QED) is 0.556. The van der Waals surface area contributed by atoms with Crippen LogP contribution in [-0.2, 0) is 0 Å². The summed E-state index contributed by atoms with van der Waals surface area (Å²) < 4.78 is 7.82. The lowest BCUT2D eigenvalue weighted by Gasteiger charge is -1.96. The summed E-state index contributed by atoms with van der Waals surface area (Å²) in [6, 6.07) is 14.8. The number of phenols is 1. The third-order valence-electron chi connectivity index (χ3n) is 2.82. The van der Waals surface area contributed by atoms with Gasteiger partial charge < -0.3 is 5.11 Å². The lowest BCUT2D eigenvalue weighted by Crippen LogP contribution is -1.81. The summed E-state index contributed by atoms with van der Waals surface area (Å²) in [5, 5.41) is 10.3. The molecule has 0 aliphatic heterocycles. The second-order valence-electron chi connectivity index (χ2n) is 4.15. The second-order valence-corrected chi connectivity index (χ2v) is 5.92. The van der Waals surface area contributed by atoms with E-state index in [0.29, 0.717) is 0 Å². The summed E-state index contributed by atoms with van der Waals surface area (Å²) in [5.74, 6) is 1.00. The van der Waals surface area contributed by atoms with E-state index in [1.807, 2.05) is 36.4 Å². The van der Waals surface area contributed by atoms with Crippen molar-refractivity contribution in [1.82, 2.24) is 0 Å². The number of rotatable bonds is 1. The maximum Gasteiger partial charge on any atom is 0.374 e. The van der Waals surface area contributed by atoms with Crippen LogP contribution in [0.4, 0.5) is 0 Å². The molecular formula is C15H9Br2O2+. The Balaban J connectivity index is 2.19. The van der Waals surface area contributed by atoms with E-state index < -0.39 is 0 Å². The van der Waals surface area contributed by atoms with Crippen molar-refractivity contribution < 1.29 is 9.52 Å². The zero-order valence-corrected chi connectivity index (χ0v) is 12.9. The first-order chi connectivity index (χ1) is 9.13. The predicted molar refractivity (Wildman–Crippen MR) is 83.1 cm³/mol. The Bertz CT molecular complexity index is 752. The molecule has 0 aliphatic carbocycles. The van der Waals surface area contributed by atoms with Crippen LogP contribution in [0.15, 0.2) is 61.9 Å². The van der Waals surface area contributed by atoms with Gasteiger partial charge in [-0.1, -0.05) is 15.9 Å². The Morgan fingerprint density at radius 2 is 1.63 bits per heavy atom. The first-order valence-corrected chi connectivity index (χ1v) is 7.23. The Morgan fingerprint density at radius 1 is 0.895 bits per heavy atom. The fourth-order valence-electron chi connectivity index (χ4n) is 1.90. The van der Waals surface area contributed by atoms with Crippen LogP contribution in [0.5, 0.6) is 5.75 Å². The molecule has 0 amide bonds. The van der Waals surface area contributed by atoms with Crippen LogP contribution >= 0.6 is 31.9 Å². The zero-order valence-electron chi connectivity index (χ0n) is 9.73. The molecule has 0 saturated heterocycles. The molecule has 0 bridgehead atoms. The minimum Gasteiger partial charge on any atom is -0.508 e. The third-order valence-corrected chi connectivity index (χ3v) is 3.86. The van der Waals surface area contributed by atoms with Gasteiger partial charge in [0.1, 0.15) is 10.2 Å². The molecule has 2 nitrogen and oxygen atoms in total. The summed E-state index contributed by atoms with van der Waals surface area (Å²) in [7, 11) is 0. The highest BCUT2D eigenvalue weighted by Gasteiger charge is 2.17. The fraction of sp³-hybridized carbons (Fsp3) is 0. The Kier molecular flexibility index (Phi) is 3.29. The summed E-state index contributed by atoms with van der Waals surface area (Å²) in [6.45, 7) is 0. The van der Waals surface area contributed by atoms with Crippen LogP contribution in [0.1, 0.15) is 0 Å². The maximum absolute atomic E-state index is 9.31. The average molecular weight is 381 g/mol. The molecule has 1 aromatic heterocycles. The van der Waals surface area contributed by atoms with Gasteiger partial charge in [0.05, 0.1) is 10.9 Å². The van der Waals surface area contributed by atoms with E-state index in [0.717, 1.165) is 31.2 Å². The van der Waals surface area contributed by atoms with Gasteiger partial charge >= 0.3 is 11.3 Å². The highest BCUT2D eigenvalue weighted by molar-refractivity contribution is 9.11. The number of phenolic OH excluding ortho intramolecular Hbond substituents is 1. The minimum atomic E-state index is 0.245. The van der Waals surface area contributed by atoms with E-state index >= 15 is 0 Å². The largest absolute Gasteiger partial charge is 0.508 e. The molecule has 1 heterocycles. The standard InChI is InChI=1S/C15H8Br2O2/c16-11-7-10-3-6-14(19-15(10)13(17)8-11)9-1-4-12(18)5-2-9/h1-8H/p+1. The molecule has 94 valence electrons. The molecule has 0 saturated carbocycles. The van der Waals surface area contributed by atoms with Crippen LogP contribution in [0.3, 0.4) is 0 Å². The molecule has 2 aromatic carbocycles. The first kappa shape index (κ1) is 12.6. The van der Waals surface area contributed by atoms with Crippen LogP contribution in [0.25, 0.3) is 22.3 Å². The van der Waals surface area contributed by atoms with Crippen molar-refractivity contribution in [2.45, 2.75) is 0 Å². The van der Waals surface area contributed by atoms with E-state index in [-0.39, 0.29) is 5.75 Å². The maximum atomic E-state index is 9.31. The third kappa shape index (κ3) is 2.51. The monoisotopic (exact) mass is 379 g/mol. The lowest BCUT2D eigenvalue weighted by molar-refractivity contribution is 0.475. The molecule has 1 N–H and O–H groups in total. The van der Waals surface area contributed by atoms with Gasteiger partial charge in [-0.25, -0.2) is 4.42 Å². The molecule has 0 aliphatic rings. The van der Waals surface area contributed by atoms with Gasteiger partial charge in [-0.15, -0.1) is 0 Å². The van der Waals surface area contributed by atoms with E-state index in [9.17, 15) is 5.11 Å². The number of aromatic hydroxyl groups is 1. The number of benzene rings is 2. The molecule has 0 spiro atoms. The first-order valence-electron chi connectivity index (χ1n) is 5.65. The van der Waals surface area contributed by atoms with Crippen LogP contribution in [0.2, 0.25) is 0 Å². The Morgan fingerprint density at radius 3 is 2.37 bits per heavy atom. The molecule has 19 heavy (non-hydrogen) atoms. The Hall–Kier alpha value is -1.39. The van der Waals surface area contributed by atoms with Crippen molar-refractivity contribution in [2.24, 2.45) is 0 Å². The zero-order chi connectivity index (χ0) is 13.4. The molecule has 4 heteroatoms. The summed E-state index contributed by atoms with van der Waals surface area (Å²) in [6.07, 6.45) is 0. The van der Waals surface area contributed by atoms with Crippen LogP contribution in [0, 0.1) is 0 Å². The Labute approximate surface area is 127 Å². The van der Waals surface area contributed by atoms with Crippen molar-refractivity contribution in [1.29, 1.82) is 0 Å². The van der Waals surface area contributed by atoms with E-state index in [2.05, 4.69) is 31.9 Å². The van der Waals surface area contributed by atoms with Crippen molar-refractivity contribution in [2.75, 3.05) is 0 Å². The molecular weight excluding hydrogens is 372 g/mol. The van der Waals surface area contributed by atoms with Crippen LogP contribution < -0.4 is 0 Å². The fourth-order valence-corrected chi connectivity index (χ4v) is 3.24. The minimum absolute atomic E-state index is 0.245. The molecule has 3 aromatic rings. The summed E-state index contributed by atoms with van der Waals surface area (Å²) in [4.78, 5) is 0. The second kappa shape index (κ2) is 4.94. The van der Waals surface area contributed by atoms with Crippen molar-refractivity contribution >= 4 is 42.8 Å². The SMILES string of the molecule is Oc1ccc(-c2ccc3cc(Br)cc(Br)c3[o+]2)cc1. The van der Waals surface area contributed by atoms with Gasteiger partial charge in [-0.05, 0) is 58.4 Å². The van der Waals surface area contributed by atoms with Crippen molar-refractivity contribution in [3.05, 3.63) is 57.5 Å². The molecule has 0 unspecified atom stereocenters. The van der Waals surface area contributed by atoms with Gasteiger partial charge in [0.2, 0.25) is 0 Å². The van der Waals surface area contributed by atoms with Crippen molar-refractivity contribution in [3.8, 4) is 17.1 Å². The van der Waals surface area contributed by atoms with Gasteiger partial charge in [0.25, 0.3) is 0 Å². The highest BCUT2D eigenvalue weighted by Crippen LogP contribution is 2.32. The predicted octanol–water partition coefficient (Wildman–Crippen LogP) is 5.61. The number of fused-ring (bicyclic) bond motifs is 1. The molecule has 0 atom stereocenters. The summed E-state index contributed by atoms with van der Waals surface area (Å²) in [5.41, 5.74) is 1.73. The van der Waals surface area contributed by atoms with E-state index in [4.69, 9.17) is 4.42 Å². The molecule has 0 fully saturated rings. The van der Waals surface area contributed by atoms with Crippen molar-refractivity contribution in [3.63, 3.8) is 0 Å². The van der Waals surface area contributed by atoms with Gasteiger partial charge in [-0.2, -0.15) is 0 Å².